The summed E-state index contributed by atoms with van der Waals surface area (Å²) in [5, 5.41) is 0. The Balaban J connectivity index is 0.00000157. The Labute approximate surface area is 164 Å². The van der Waals surface area contributed by atoms with Gasteiger partial charge in [-0.15, -0.1) is 0 Å². The van der Waals surface area contributed by atoms with Crippen LogP contribution in [0.4, 0.5) is 0 Å². The molecule has 1 aliphatic carbocycles. The van der Waals surface area contributed by atoms with Gasteiger partial charge in [0, 0.05) is 29.3 Å². The summed E-state index contributed by atoms with van der Waals surface area (Å²) in [7, 11) is 0. The molecular formula is C21H20IN3. The lowest BCUT2D eigenvalue weighted by atomic mass is 10.1. The Morgan fingerprint density at radius 2 is 1.84 bits per heavy atom. The molecular weight excluding hydrogens is 421 g/mol. The lowest BCUT2D eigenvalue weighted by Crippen LogP contribution is -3.00. The summed E-state index contributed by atoms with van der Waals surface area (Å²) in [5.41, 5.74) is 7.28. The van der Waals surface area contributed by atoms with Gasteiger partial charge < -0.3 is 24.0 Å². The molecule has 0 bridgehead atoms. The zero-order valence-electron chi connectivity index (χ0n) is 14.2. The van der Waals surface area contributed by atoms with Crippen molar-refractivity contribution in [3.05, 3.63) is 66.5 Å². The van der Waals surface area contributed by atoms with Crippen LogP contribution in [0.25, 0.3) is 27.9 Å². The van der Waals surface area contributed by atoms with E-state index in [1.807, 2.05) is 0 Å². The number of pyridine rings is 2. The fourth-order valence-corrected chi connectivity index (χ4v) is 3.67. The fraction of sp³-hybridized carbons (Fsp3) is 0.238. The van der Waals surface area contributed by atoms with Gasteiger partial charge in [0.1, 0.15) is 5.69 Å². The van der Waals surface area contributed by atoms with Crippen molar-refractivity contribution in [2.45, 2.75) is 32.2 Å². The Morgan fingerprint density at radius 1 is 1.08 bits per heavy atom. The standard InChI is InChI=1S/C21H20N3.HI/c1-2-23-19-10-6-7-13-24(19)18-14-17(15-11-12-15)22-20(21(18)23)16-8-4-3-5-9-16;/h3-10,13-15H,2,11-12H2,1H3;1H/q+1;/p-1. The number of halogens is 1. The monoisotopic (exact) mass is 441 g/mol. The molecule has 3 aromatic heterocycles. The van der Waals surface area contributed by atoms with Gasteiger partial charge in [0.2, 0.25) is 5.52 Å². The van der Waals surface area contributed by atoms with Crippen molar-refractivity contribution in [2.24, 2.45) is 0 Å². The van der Waals surface area contributed by atoms with Crippen LogP contribution in [0, 0.1) is 0 Å². The van der Waals surface area contributed by atoms with Crippen LogP contribution in [0.2, 0.25) is 0 Å². The predicted molar refractivity (Wildman–Crippen MR) is 96.0 cm³/mol. The molecule has 0 atom stereocenters. The molecule has 5 rings (SSSR count). The van der Waals surface area contributed by atoms with Gasteiger partial charge in [-0.25, -0.2) is 9.55 Å². The van der Waals surface area contributed by atoms with Crippen molar-refractivity contribution >= 4 is 16.7 Å². The zero-order chi connectivity index (χ0) is 16.1. The summed E-state index contributed by atoms with van der Waals surface area (Å²) in [5.74, 6) is 0.640. The minimum atomic E-state index is 0. The van der Waals surface area contributed by atoms with Crippen molar-refractivity contribution in [3.63, 3.8) is 0 Å². The fourth-order valence-electron chi connectivity index (χ4n) is 3.67. The van der Waals surface area contributed by atoms with E-state index in [0.29, 0.717) is 5.92 Å². The van der Waals surface area contributed by atoms with Gasteiger partial charge in [-0.1, -0.05) is 36.4 Å². The van der Waals surface area contributed by atoms with Crippen LogP contribution < -0.4 is 28.5 Å². The molecule has 4 heteroatoms. The normalized spacial score (nSPS) is 14.0. The Hall–Kier alpha value is -1.95. The summed E-state index contributed by atoms with van der Waals surface area (Å²) in [6.45, 7) is 3.14. The van der Waals surface area contributed by atoms with Crippen molar-refractivity contribution in [1.82, 2.24) is 9.38 Å². The molecule has 1 aliphatic rings. The maximum Gasteiger partial charge on any atom is 0.287 e. The van der Waals surface area contributed by atoms with Crippen LogP contribution in [0.15, 0.2) is 60.8 Å². The van der Waals surface area contributed by atoms with Crippen LogP contribution in [-0.2, 0) is 6.54 Å². The van der Waals surface area contributed by atoms with Gasteiger partial charge in [0.25, 0.3) is 5.65 Å². The number of aryl methyl sites for hydroxylation is 1. The summed E-state index contributed by atoms with van der Waals surface area (Å²) >= 11 is 0. The number of imidazole rings is 1. The Kier molecular flexibility index (Phi) is 4.23. The molecule has 0 amide bonds. The quantitative estimate of drug-likeness (QED) is 0.348. The van der Waals surface area contributed by atoms with Gasteiger partial charge in [0.05, 0.1) is 12.7 Å². The van der Waals surface area contributed by atoms with E-state index in [-0.39, 0.29) is 24.0 Å². The average molecular weight is 441 g/mol. The maximum absolute atomic E-state index is 5.10. The molecule has 0 unspecified atom stereocenters. The summed E-state index contributed by atoms with van der Waals surface area (Å²) in [6, 6.07) is 19.3. The molecule has 0 radical (unpaired) electrons. The van der Waals surface area contributed by atoms with Crippen LogP contribution in [0.5, 0.6) is 0 Å². The second-order valence-electron chi connectivity index (χ2n) is 6.58. The highest BCUT2D eigenvalue weighted by molar-refractivity contribution is 5.89. The SMILES string of the molecule is CC[n+]1c2c(-c3ccccc3)nc(C3CC3)cc2n2ccccc21.[I-]. The van der Waals surface area contributed by atoms with Crippen LogP contribution in [-0.4, -0.2) is 9.38 Å². The minimum Gasteiger partial charge on any atom is -1.00 e. The lowest BCUT2D eigenvalue weighted by Gasteiger charge is -2.05. The molecule has 25 heavy (non-hydrogen) atoms. The zero-order valence-corrected chi connectivity index (χ0v) is 16.3. The van der Waals surface area contributed by atoms with E-state index in [1.54, 1.807) is 0 Å². The average Bonchev–Trinajstić information content (AvgIpc) is 3.44. The second-order valence-corrected chi connectivity index (χ2v) is 6.58. The largest absolute Gasteiger partial charge is 1.00 e. The smallest absolute Gasteiger partial charge is 0.287 e. The maximum atomic E-state index is 5.10. The van der Waals surface area contributed by atoms with Crippen LogP contribution in [0.1, 0.15) is 31.4 Å². The third-order valence-corrected chi connectivity index (χ3v) is 5.00. The van der Waals surface area contributed by atoms with Crippen molar-refractivity contribution < 1.29 is 28.5 Å². The molecule has 0 saturated heterocycles. The number of aromatic nitrogens is 3. The van der Waals surface area contributed by atoms with Gasteiger partial charge in [0.15, 0.2) is 5.52 Å². The first kappa shape index (κ1) is 16.5. The first-order chi connectivity index (χ1) is 11.9. The Bertz CT molecular complexity index is 1050. The number of hydrogen-bond donors (Lipinski definition) is 0. The molecule has 1 fully saturated rings. The van der Waals surface area contributed by atoms with Crippen LogP contribution in [0.3, 0.4) is 0 Å². The van der Waals surface area contributed by atoms with Crippen LogP contribution >= 0.6 is 0 Å². The molecule has 0 spiro atoms. The van der Waals surface area contributed by atoms with E-state index in [2.05, 4.69) is 76.7 Å². The van der Waals surface area contributed by atoms with E-state index < -0.39 is 0 Å². The number of fused-ring (bicyclic) bond motifs is 3. The summed E-state index contributed by atoms with van der Waals surface area (Å²) in [4.78, 5) is 5.10. The number of benzene rings is 1. The van der Waals surface area contributed by atoms with E-state index in [0.717, 1.165) is 12.2 Å². The summed E-state index contributed by atoms with van der Waals surface area (Å²) < 4.78 is 4.68. The first-order valence-electron chi connectivity index (χ1n) is 8.76. The lowest BCUT2D eigenvalue weighted by molar-refractivity contribution is -0.641. The van der Waals surface area contributed by atoms with Gasteiger partial charge in [-0.05, 0) is 25.8 Å². The van der Waals surface area contributed by atoms with Crippen molar-refractivity contribution in [2.75, 3.05) is 0 Å². The van der Waals surface area contributed by atoms with E-state index in [4.69, 9.17) is 4.98 Å². The van der Waals surface area contributed by atoms with Gasteiger partial charge in [-0.2, -0.15) is 4.40 Å². The van der Waals surface area contributed by atoms with E-state index in [9.17, 15) is 0 Å². The highest BCUT2D eigenvalue weighted by Crippen LogP contribution is 2.41. The second kappa shape index (κ2) is 6.41. The minimum absolute atomic E-state index is 0. The molecule has 4 aromatic rings. The van der Waals surface area contributed by atoms with Crippen molar-refractivity contribution in [1.29, 1.82) is 0 Å². The molecule has 3 nitrogen and oxygen atoms in total. The highest BCUT2D eigenvalue weighted by atomic mass is 127. The van der Waals surface area contributed by atoms with Crippen molar-refractivity contribution in [3.8, 4) is 11.3 Å². The number of rotatable bonds is 3. The number of nitrogens with zero attached hydrogens (tertiary/aromatic N) is 3. The molecule has 126 valence electrons. The number of hydrogen-bond acceptors (Lipinski definition) is 1. The summed E-state index contributed by atoms with van der Waals surface area (Å²) in [6.07, 6.45) is 4.70. The molecule has 0 aliphatic heterocycles. The molecule has 3 heterocycles. The van der Waals surface area contributed by atoms with Gasteiger partial charge >= 0.3 is 0 Å². The third kappa shape index (κ3) is 2.63. The molecule has 1 aromatic carbocycles. The first-order valence-corrected chi connectivity index (χ1v) is 8.76. The molecule has 0 N–H and O–H groups in total. The molecule has 1 saturated carbocycles. The van der Waals surface area contributed by atoms with E-state index >= 15 is 0 Å². The van der Waals surface area contributed by atoms with E-state index in [1.165, 1.54) is 40.8 Å². The van der Waals surface area contributed by atoms with Gasteiger partial charge in [-0.3, -0.25) is 0 Å². The topological polar surface area (TPSA) is 21.2 Å². The third-order valence-electron chi connectivity index (χ3n) is 5.00. The predicted octanol–water partition coefficient (Wildman–Crippen LogP) is 1.34. The Morgan fingerprint density at radius 3 is 2.56 bits per heavy atom. The highest BCUT2D eigenvalue weighted by Gasteiger charge is 2.30.